The van der Waals surface area contributed by atoms with E-state index < -0.39 is 17.8 Å². The minimum absolute atomic E-state index is 0.0207. The van der Waals surface area contributed by atoms with E-state index in [4.69, 9.17) is 9.26 Å². The van der Waals surface area contributed by atoms with Crippen molar-refractivity contribution in [2.75, 3.05) is 17.7 Å². The van der Waals surface area contributed by atoms with Gasteiger partial charge in [-0.1, -0.05) is 11.2 Å². The molecule has 0 aliphatic heterocycles. The van der Waals surface area contributed by atoms with E-state index in [1.165, 1.54) is 7.11 Å². The molecule has 0 spiro atoms. The summed E-state index contributed by atoms with van der Waals surface area (Å²) in [5, 5.41) is 29.5. The second-order valence-corrected chi connectivity index (χ2v) is 9.14. The number of para-hydroxylation sites is 1. The van der Waals surface area contributed by atoms with Gasteiger partial charge in [0.05, 0.1) is 24.0 Å². The molecule has 1 aromatic carbocycles. The summed E-state index contributed by atoms with van der Waals surface area (Å²) in [6.45, 7) is -0.391. The van der Waals surface area contributed by atoms with Crippen LogP contribution in [-0.4, -0.2) is 73.1 Å². The lowest BCUT2D eigenvalue weighted by Crippen LogP contribution is -2.50. The van der Waals surface area contributed by atoms with Crippen LogP contribution in [0.1, 0.15) is 29.2 Å². The lowest BCUT2D eigenvalue weighted by atomic mass is 9.49. The van der Waals surface area contributed by atoms with Crippen molar-refractivity contribution in [1.29, 1.82) is 0 Å². The Morgan fingerprint density at radius 3 is 2.63 bits per heavy atom. The molecule has 35 heavy (non-hydrogen) atoms. The Bertz CT molecular complexity index is 1260. The summed E-state index contributed by atoms with van der Waals surface area (Å²) in [5.41, 5.74) is 1.34. The Kier molecular flexibility index (Phi) is 6.78. The molecule has 0 saturated heterocycles. The monoisotopic (exact) mass is 475 g/mol. The molecule has 0 bridgehead atoms. The number of amides is 2. The van der Waals surface area contributed by atoms with Crippen LogP contribution in [0.3, 0.4) is 0 Å². The quantitative estimate of drug-likeness (QED) is 0.264. The molecule has 4 rings (SSSR count). The second kappa shape index (κ2) is 9.78. The largest absolute Gasteiger partial charge is 0.494 e. The maximum Gasteiger partial charge on any atom is 0.272 e. The van der Waals surface area contributed by atoms with E-state index in [9.17, 15) is 14.7 Å². The predicted molar refractivity (Wildman–Crippen MR) is 135 cm³/mol. The van der Waals surface area contributed by atoms with Gasteiger partial charge in [0.1, 0.15) is 30.1 Å². The molecule has 1 aliphatic rings. The summed E-state index contributed by atoms with van der Waals surface area (Å²) >= 11 is 0. The van der Waals surface area contributed by atoms with E-state index in [1.54, 1.807) is 24.3 Å². The van der Waals surface area contributed by atoms with E-state index >= 15 is 0 Å². The molecule has 1 aliphatic carbocycles. The Hall–Kier alpha value is -3.87. The summed E-state index contributed by atoms with van der Waals surface area (Å²) in [6, 6.07) is 6.77. The van der Waals surface area contributed by atoms with Crippen LogP contribution in [0.2, 0.25) is 0 Å². The molecule has 3 aromatic rings. The van der Waals surface area contributed by atoms with Crippen LogP contribution >= 0.6 is 0 Å². The maximum absolute atomic E-state index is 13.0. The lowest BCUT2D eigenvalue weighted by Gasteiger charge is -2.21. The SMILES string of the molecule is BC(B)(B)NC(=O)c1nnc(NC(=O)C2CC2)cc1Nc1cccc(-c2noc(CO)n2)c1OC. The van der Waals surface area contributed by atoms with E-state index in [2.05, 4.69) is 36.3 Å². The third kappa shape index (κ3) is 5.80. The molecule has 0 atom stereocenters. The number of hydrogen-bond acceptors (Lipinski definition) is 10. The molecule has 2 aromatic heterocycles. The van der Waals surface area contributed by atoms with Gasteiger partial charge < -0.3 is 30.3 Å². The van der Waals surface area contributed by atoms with Gasteiger partial charge in [-0.25, -0.2) is 0 Å². The standard InChI is InChI=1S/C20H24B3N7O5/c1-34-16-10(17-26-14(8-31)35-30-17)3-2-4-11(16)24-12-7-13(25-18(32)9-5-6-9)28-29-15(12)19(33)27-20(21,22)23/h2-4,7,9,31H,5-6,8,21-23H2,1H3,(H,27,33)(H2,24,25,28,32). The van der Waals surface area contributed by atoms with E-state index in [1.807, 2.05) is 23.5 Å². The number of nitrogens with zero attached hydrogens (tertiary/aromatic N) is 4. The van der Waals surface area contributed by atoms with Gasteiger partial charge in [-0.2, -0.15) is 4.98 Å². The van der Waals surface area contributed by atoms with E-state index in [0.29, 0.717) is 22.7 Å². The van der Waals surface area contributed by atoms with Gasteiger partial charge in [0.15, 0.2) is 17.3 Å². The van der Waals surface area contributed by atoms with Crippen molar-refractivity contribution < 1.29 is 24.0 Å². The van der Waals surface area contributed by atoms with Gasteiger partial charge in [-0.3, -0.25) is 9.59 Å². The van der Waals surface area contributed by atoms with Crippen molar-refractivity contribution in [2.24, 2.45) is 5.92 Å². The number of nitrogens with one attached hydrogen (secondary N) is 3. The zero-order chi connectivity index (χ0) is 25.2. The molecule has 2 heterocycles. The predicted octanol–water partition coefficient (Wildman–Crippen LogP) is -1.64. The fraction of sp³-hybridized carbons (Fsp3) is 0.300. The highest BCUT2D eigenvalue weighted by molar-refractivity contribution is 6.60. The number of aliphatic hydroxyl groups is 1. The summed E-state index contributed by atoms with van der Waals surface area (Å²) in [6.07, 6.45) is 1.68. The summed E-state index contributed by atoms with van der Waals surface area (Å²) in [7, 11) is 7.05. The van der Waals surface area contributed by atoms with Crippen molar-refractivity contribution >= 4 is 52.5 Å². The minimum atomic E-state index is -0.504. The number of aliphatic hydroxyl groups excluding tert-OH is 1. The Labute approximate surface area is 203 Å². The molecule has 1 fully saturated rings. The first-order chi connectivity index (χ1) is 16.7. The van der Waals surface area contributed by atoms with Gasteiger partial charge >= 0.3 is 0 Å². The number of rotatable bonds is 9. The molecule has 1 saturated carbocycles. The Balaban J connectivity index is 1.72. The fourth-order valence-corrected chi connectivity index (χ4v) is 3.29. The molecule has 2 amide bonds. The summed E-state index contributed by atoms with van der Waals surface area (Å²) in [4.78, 5) is 29.4. The normalized spacial score (nSPS) is 13.2. The molecule has 4 N–H and O–H groups in total. The topological polar surface area (TPSA) is 164 Å². The number of anilines is 3. The van der Waals surface area contributed by atoms with Crippen LogP contribution in [-0.2, 0) is 11.4 Å². The van der Waals surface area contributed by atoms with Crippen LogP contribution in [0.15, 0.2) is 28.8 Å². The number of benzene rings is 1. The summed E-state index contributed by atoms with van der Waals surface area (Å²) in [5.74, 6) is 0.300. The Morgan fingerprint density at radius 1 is 1.23 bits per heavy atom. The van der Waals surface area contributed by atoms with Crippen LogP contribution < -0.4 is 20.7 Å². The summed E-state index contributed by atoms with van der Waals surface area (Å²) < 4.78 is 10.6. The average molecular weight is 475 g/mol. The third-order valence-electron chi connectivity index (χ3n) is 5.03. The number of carbonyl (C=O) groups excluding carboxylic acids is 2. The van der Waals surface area contributed by atoms with Crippen LogP contribution in [0.25, 0.3) is 11.4 Å². The van der Waals surface area contributed by atoms with E-state index in [0.717, 1.165) is 12.8 Å². The first-order valence-electron chi connectivity index (χ1n) is 11.1. The molecule has 0 unspecified atom stereocenters. The zero-order valence-electron chi connectivity index (χ0n) is 19.9. The number of carbonyl (C=O) groups is 2. The zero-order valence-corrected chi connectivity index (χ0v) is 19.9. The number of hydrogen-bond donors (Lipinski definition) is 4. The molecule has 0 radical (unpaired) electrons. The number of methoxy groups -OCH3 is 1. The number of aromatic nitrogens is 4. The molecular formula is C20H24B3N7O5. The molecule has 178 valence electrons. The van der Waals surface area contributed by atoms with Crippen molar-refractivity contribution in [3.8, 4) is 17.1 Å². The molecular weight excluding hydrogens is 451 g/mol. The lowest BCUT2D eigenvalue weighted by molar-refractivity contribution is -0.117. The van der Waals surface area contributed by atoms with Crippen molar-refractivity contribution in [2.45, 2.75) is 24.7 Å². The Morgan fingerprint density at radius 2 is 2.00 bits per heavy atom. The molecule has 15 heteroatoms. The minimum Gasteiger partial charge on any atom is -0.494 e. The van der Waals surface area contributed by atoms with Gasteiger partial charge in [0, 0.05) is 12.0 Å². The highest BCUT2D eigenvalue weighted by Crippen LogP contribution is 2.37. The van der Waals surface area contributed by atoms with Crippen LogP contribution in [0.4, 0.5) is 17.2 Å². The highest BCUT2D eigenvalue weighted by atomic mass is 16.5. The van der Waals surface area contributed by atoms with Crippen molar-refractivity contribution in [3.63, 3.8) is 0 Å². The van der Waals surface area contributed by atoms with Crippen molar-refractivity contribution in [1.82, 2.24) is 25.7 Å². The fourth-order valence-electron chi connectivity index (χ4n) is 3.29. The van der Waals surface area contributed by atoms with Crippen LogP contribution in [0.5, 0.6) is 5.75 Å². The van der Waals surface area contributed by atoms with Crippen LogP contribution in [0, 0.1) is 5.92 Å². The first-order valence-corrected chi connectivity index (χ1v) is 11.1. The third-order valence-corrected chi connectivity index (χ3v) is 5.03. The van der Waals surface area contributed by atoms with Gasteiger partial charge in [-0.05, 0) is 30.2 Å². The van der Waals surface area contributed by atoms with Gasteiger partial charge in [0.2, 0.25) is 11.7 Å². The average Bonchev–Trinajstić information content (AvgIpc) is 3.55. The maximum atomic E-state index is 13.0. The number of ether oxygens (including phenoxy) is 1. The second-order valence-electron chi connectivity index (χ2n) is 9.14. The van der Waals surface area contributed by atoms with Crippen molar-refractivity contribution in [3.05, 3.63) is 35.9 Å². The first kappa shape index (κ1) is 24.3. The highest BCUT2D eigenvalue weighted by Gasteiger charge is 2.30. The molecule has 12 nitrogen and oxygen atoms in total. The van der Waals surface area contributed by atoms with E-state index in [-0.39, 0.29) is 35.1 Å². The smallest absolute Gasteiger partial charge is 0.272 e. The van der Waals surface area contributed by atoms with Gasteiger partial charge in [-0.15, -0.1) is 10.2 Å². The van der Waals surface area contributed by atoms with Gasteiger partial charge in [0.25, 0.3) is 11.8 Å².